The molecule has 62 heavy (non-hydrogen) atoms. The molecule has 3 aromatic heterocycles. The van der Waals surface area contributed by atoms with Gasteiger partial charge in [-0.25, -0.2) is 9.97 Å². The Labute approximate surface area is 359 Å². The monoisotopic (exact) mass is 790 g/mol. The lowest BCUT2D eigenvalue weighted by molar-refractivity contribution is 1.17. The normalized spacial score (nSPS) is 11.5. The van der Waals surface area contributed by atoms with Gasteiger partial charge in [0, 0.05) is 55.2 Å². The maximum Gasteiger partial charge on any atom is 0.160 e. The van der Waals surface area contributed by atoms with E-state index in [2.05, 4.69) is 203 Å². The number of hydrogen-bond donors (Lipinski definition) is 0. The van der Waals surface area contributed by atoms with Gasteiger partial charge in [0.15, 0.2) is 5.82 Å². The van der Waals surface area contributed by atoms with Crippen LogP contribution in [0.1, 0.15) is 0 Å². The number of nitrogens with zero attached hydrogens (tertiary/aromatic N) is 4. The zero-order valence-corrected chi connectivity index (χ0v) is 33.7. The van der Waals surface area contributed by atoms with Crippen molar-refractivity contribution in [2.75, 3.05) is 0 Å². The lowest BCUT2D eigenvalue weighted by atomic mass is 10.00. The molecule has 0 bridgehead atoms. The van der Waals surface area contributed by atoms with Crippen molar-refractivity contribution in [1.82, 2.24) is 19.1 Å². The van der Waals surface area contributed by atoms with Crippen LogP contribution in [-0.4, -0.2) is 19.1 Å². The van der Waals surface area contributed by atoms with E-state index in [0.29, 0.717) is 5.82 Å². The summed E-state index contributed by atoms with van der Waals surface area (Å²) in [7, 11) is 0. The molecule has 12 aromatic rings. The van der Waals surface area contributed by atoms with E-state index >= 15 is 0 Å². The van der Waals surface area contributed by atoms with E-state index in [1.165, 1.54) is 60.3 Å². The number of fused-ring (bicyclic) bond motifs is 6. The maximum atomic E-state index is 5.05. The van der Waals surface area contributed by atoms with E-state index in [1.807, 2.05) is 36.4 Å². The third-order valence-electron chi connectivity index (χ3n) is 12.2. The molecule has 0 saturated heterocycles. The molecular weight excluding hydrogens is 753 g/mol. The minimum absolute atomic E-state index is 0.715. The topological polar surface area (TPSA) is 35.6 Å². The van der Waals surface area contributed by atoms with Gasteiger partial charge in [-0.15, -0.1) is 0 Å². The number of para-hydroxylation sites is 4. The van der Waals surface area contributed by atoms with Crippen LogP contribution in [0.2, 0.25) is 0 Å². The summed E-state index contributed by atoms with van der Waals surface area (Å²) in [6.45, 7) is 0. The van der Waals surface area contributed by atoms with Crippen LogP contribution in [0, 0.1) is 0 Å². The van der Waals surface area contributed by atoms with Crippen LogP contribution < -0.4 is 0 Å². The number of hydrogen-bond acceptors (Lipinski definition) is 2. The first kappa shape index (κ1) is 35.6. The molecule has 0 fully saturated rings. The smallest absolute Gasteiger partial charge is 0.160 e. The lowest BCUT2D eigenvalue weighted by Gasteiger charge is -2.13. The number of rotatable bonds is 7. The van der Waals surface area contributed by atoms with Gasteiger partial charge < -0.3 is 9.13 Å². The highest BCUT2D eigenvalue weighted by Crippen LogP contribution is 2.40. The third kappa shape index (κ3) is 6.00. The second kappa shape index (κ2) is 14.7. The Morgan fingerprint density at radius 3 is 1.45 bits per heavy atom. The molecule has 12 rings (SSSR count). The van der Waals surface area contributed by atoms with Crippen molar-refractivity contribution in [3.8, 4) is 67.5 Å². The van der Waals surface area contributed by atoms with Gasteiger partial charge in [0.25, 0.3) is 0 Å². The maximum absolute atomic E-state index is 5.05. The first-order chi connectivity index (χ1) is 30.7. The molecule has 4 heteroatoms. The highest BCUT2D eigenvalue weighted by molar-refractivity contribution is 6.14. The van der Waals surface area contributed by atoms with Gasteiger partial charge in [-0.1, -0.05) is 176 Å². The summed E-state index contributed by atoms with van der Waals surface area (Å²) in [4.78, 5) is 10.0. The number of benzene rings is 9. The molecule has 0 N–H and O–H groups in total. The molecule has 0 unspecified atom stereocenters. The van der Waals surface area contributed by atoms with Crippen LogP contribution >= 0.6 is 0 Å². The molecule has 0 aliphatic rings. The molecular formula is C58H38N4. The van der Waals surface area contributed by atoms with Gasteiger partial charge in [0.1, 0.15) is 0 Å². The average molecular weight is 791 g/mol. The minimum atomic E-state index is 0.715. The van der Waals surface area contributed by atoms with E-state index in [9.17, 15) is 0 Å². The largest absolute Gasteiger partial charge is 0.309 e. The minimum Gasteiger partial charge on any atom is -0.309 e. The van der Waals surface area contributed by atoms with E-state index in [1.54, 1.807) is 0 Å². The van der Waals surface area contributed by atoms with Crippen LogP contribution in [0.25, 0.3) is 111 Å². The van der Waals surface area contributed by atoms with Gasteiger partial charge in [-0.05, 0) is 71.3 Å². The highest BCUT2D eigenvalue weighted by Gasteiger charge is 2.18. The summed E-state index contributed by atoms with van der Waals surface area (Å²) < 4.78 is 4.80. The molecule has 0 aliphatic carbocycles. The molecule has 0 radical (unpaired) electrons. The van der Waals surface area contributed by atoms with Crippen LogP contribution in [0.4, 0.5) is 0 Å². The summed E-state index contributed by atoms with van der Waals surface area (Å²) >= 11 is 0. The molecule has 9 aromatic carbocycles. The van der Waals surface area contributed by atoms with Crippen molar-refractivity contribution in [2.45, 2.75) is 0 Å². The van der Waals surface area contributed by atoms with Crippen molar-refractivity contribution in [2.24, 2.45) is 0 Å². The molecule has 4 nitrogen and oxygen atoms in total. The Bertz CT molecular complexity index is 3530. The van der Waals surface area contributed by atoms with Crippen LogP contribution in [0.5, 0.6) is 0 Å². The van der Waals surface area contributed by atoms with E-state index < -0.39 is 0 Å². The van der Waals surface area contributed by atoms with Crippen molar-refractivity contribution in [1.29, 1.82) is 0 Å². The van der Waals surface area contributed by atoms with E-state index in [0.717, 1.165) is 45.0 Å². The fraction of sp³-hybridized carbons (Fsp3) is 0. The SMILES string of the molecule is c1ccc(-c2cc(-c3ccc(-c4ccc5c(c4)c4ccccc4n5-c4ccc(-c5cccc6c7ccccc7n(-c7ccccc7)c56)cc4)cc3)nc(-c3ccccc3)n2)cc1. The molecule has 0 spiro atoms. The zero-order valence-electron chi connectivity index (χ0n) is 33.7. The van der Waals surface area contributed by atoms with Crippen molar-refractivity contribution < 1.29 is 0 Å². The Kier molecular flexibility index (Phi) is 8.46. The first-order valence-corrected chi connectivity index (χ1v) is 21.1. The molecule has 0 atom stereocenters. The highest BCUT2D eigenvalue weighted by atomic mass is 15.0. The number of aromatic nitrogens is 4. The molecule has 290 valence electrons. The average Bonchev–Trinajstić information content (AvgIpc) is 3.88. The quantitative estimate of drug-likeness (QED) is 0.161. The second-order valence-electron chi connectivity index (χ2n) is 15.8. The third-order valence-corrected chi connectivity index (χ3v) is 12.2. The van der Waals surface area contributed by atoms with E-state index in [-0.39, 0.29) is 0 Å². The lowest BCUT2D eigenvalue weighted by Crippen LogP contribution is -1.96. The van der Waals surface area contributed by atoms with Gasteiger partial charge >= 0.3 is 0 Å². The Hall–Kier alpha value is -8.34. The van der Waals surface area contributed by atoms with E-state index in [4.69, 9.17) is 9.97 Å². The Morgan fingerprint density at radius 1 is 0.274 bits per heavy atom. The summed E-state index contributed by atoms with van der Waals surface area (Å²) in [5.41, 5.74) is 16.7. The van der Waals surface area contributed by atoms with Crippen LogP contribution in [0.15, 0.2) is 231 Å². The fourth-order valence-electron chi connectivity index (χ4n) is 9.22. The molecule has 0 amide bonds. The van der Waals surface area contributed by atoms with Gasteiger partial charge in [0.2, 0.25) is 0 Å². The van der Waals surface area contributed by atoms with Gasteiger partial charge in [-0.3, -0.25) is 0 Å². The van der Waals surface area contributed by atoms with Crippen molar-refractivity contribution in [3.63, 3.8) is 0 Å². The molecule has 0 saturated carbocycles. The summed E-state index contributed by atoms with van der Waals surface area (Å²) in [5.74, 6) is 0.715. The predicted octanol–water partition coefficient (Wildman–Crippen LogP) is 15.0. The summed E-state index contributed by atoms with van der Waals surface area (Å²) in [6, 6.07) is 82.2. The second-order valence-corrected chi connectivity index (χ2v) is 15.8. The summed E-state index contributed by atoms with van der Waals surface area (Å²) in [6.07, 6.45) is 0. The Balaban J connectivity index is 0.916. The first-order valence-electron chi connectivity index (χ1n) is 21.1. The molecule has 0 aliphatic heterocycles. The van der Waals surface area contributed by atoms with Crippen molar-refractivity contribution >= 4 is 43.6 Å². The summed E-state index contributed by atoms with van der Waals surface area (Å²) in [5, 5.41) is 4.96. The predicted molar refractivity (Wildman–Crippen MR) is 258 cm³/mol. The van der Waals surface area contributed by atoms with Gasteiger partial charge in [-0.2, -0.15) is 0 Å². The van der Waals surface area contributed by atoms with Crippen molar-refractivity contribution in [3.05, 3.63) is 231 Å². The fourth-order valence-corrected chi connectivity index (χ4v) is 9.22. The standard InChI is InChI=1S/C58H38N4/c1-4-15-41(16-5-1)52-38-53(60-58(59-52)43-17-6-2-7-18-43)42-29-27-39(28-30-42)44-33-36-56-51(37-44)49-22-11-12-25-54(49)61(56)46-34-31-40(32-35-46)47-23-14-24-50-48-21-10-13-26-55(48)62(57(47)50)45-19-8-3-9-20-45/h1-38H. The van der Waals surface area contributed by atoms with Gasteiger partial charge in [0.05, 0.1) is 33.5 Å². The van der Waals surface area contributed by atoms with Crippen LogP contribution in [0.3, 0.4) is 0 Å². The van der Waals surface area contributed by atoms with Crippen LogP contribution in [-0.2, 0) is 0 Å². The Morgan fingerprint density at radius 2 is 0.758 bits per heavy atom. The molecule has 3 heterocycles. The zero-order chi connectivity index (χ0) is 41.0.